The van der Waals surface area contributed by atoms with E-state index in [0.717, 1.165) is 5.69 Å². The zero-order valence-electron chi connectivity index (χ0n) is 10.5. The maximum atomic E-state index is 12.0. The summed E-state index contributed by atoms with van der Waals surface area (Å²) in [7, 11) is -3.57. The van der Waals surface area contributed by atoms with Crippen LogP contribution in [0, 0.1) is 0 Å². The van der Waals surface area contributed by atoms with Crippen molar-refractivity contribution in [1.29, 1.82) is 0 Å². The van der Waals surface area contributed by atoms with Crippen LogP contribution in [-0.2, 0) is 10.0 Å². The van der Waals surface area contributed by atoms with Gasteiger partial charge in [-0.1, -0.05) is 18.2 Å². The normalized spacial score (nSPS) is 13.4. The topological polar surface area (TPSA) is 90.0 Å². The van der Waals surface area contributed by atoms with Gasteiger partial charge in [0.2, 0.25) is 10.0 Å². The van der Waals surface area contributed by atoms with Crippen molar-refractivity contribution in [3.63, 3.8) is 0 Å². The molecule has 102 valence electrons. The molecule has 0 amide bonds. The second kappa shape index (κ2) is 5.52. The predicted octanol–water partition coefficient (Wildman–Crippen LogP) is 0.498. The molecule has 19 heavy (non-hydrogen) atoms. The van der Waals surface area contributed by atoms with E-state index in [9.17, 15) is 8.42 Å². The summed E-state index contributed by atoms with van der Waals surface area (Å²) >= 11 is 0. The number of nitrogens with two attached hydrogens (primary N) is 1. The van der Waals surface area contributed by atoms with E-state index in [2.05, 4.69) is 9.82 Å². The Hall–Kier alpha value is -1.70. The summed E-state index contributed by atoms with van der Waals surface area (Å²) in [6, 6.07) is 8.98. The SMILES string of the molecule is C[C@@H](CN)NS(=O)(=O)c1cnn(-c2ccccc2)c1. The lowest BCUT2D eigenvalue weighted by atomic mass is 10.3. The standard InChI is InChI=1S/C12H16N4O2S/c1-10(7-13)15-19(17,18)12-8-14-16(9-12)11-5-3-2-4-6-11/h2-6,8-10,15H,7,13H2,1H3/t10-/m0/s1. The summed E-state index contributed by atoms with van der Waals surface area (Å²) < 4.78 is 28.0. The van der Waals surface area contributed by atoms with Crippen molar-refractivity contribution < 1.29 is 8.42 Å². The molecule has 6 nitrogen and oxygen atoms in total. The minimum absolute atomic E-state index is 0.122. The molecule has 2 aromatic rings. The van der Waals surface area contributed by atoms with Crippen LogP contribution in [0.1, 0.15) is 6.92 Å². The van der Waals surface area contributed by atoms with Crippen molar-refractivity contribution in [1.82, 2.24) is 14.5 Å². The van der Waals surface area contributed by atoms with Gasteiger partial charge in [-0.05, 0) is 19.1 Å². The van der Waals surface area contributed by atoms with E-state index in [4.69, 9.17) is 5.73 Å². The number of hydrogen-bond acceptors (Lipinski definition) is 4. The molecule has 0 saturated carbocycles. The number of para-hydroxylation sites is 1. The Morgan fingerprint density at radius 3 is 2.68 bits per heavy atom. The summed E-state index contributed by atoms with van der Waals surface area (Å²) in [5.41, 5.74) is 6.21. The highest BCUT2D eigenvalue weighted by atomic mass is 32.2. The molecule has 1 aromatic heterocycles. The maximum Gasteiger partial charge on any atom is 0.243 e. The Bertz CT molecular complexity index is 637. The largest absolute Gasteiger partial charge is 0.329 e. The first kappa shape index (κ1) is 13.7. The van der Waals surface area contributed by atoms with Crippen LogP contribution in [0.5, 0.6) is 0 Å². The van der Waals surface area contributed by atoms with Crippen molar-refractivity contribution in [2.45, 2.75) is 17.9 Å². The van der Waals surface area contributed by atoms with Crippen molar-refractivity contribution in [3.8, 4) is 5.69 Å². The Balaban J connectivity index is 2.27. The van der Waals surface area contributed by atoms with Crippen molar-refractivity contribution >= 4 is 10.0 Å². The van der Waals surface area contributed by atoms with Gasteiger partial charge < -0.3 is 5.73 Å². The second-order valence-corrected chi connectivity index (χ2v) is 5.93. The lowest BCUT2D eigenvalue weighted by Crippen LogP contribution is -2.37. The first-order valence-corrected chi connectivity index (χ1v) is 7.34. The van der Waals surface area contributed by atoms with Gasteiger partial charge in [-0.25, -0.2) is 17.8 Å². The average molecular weight is 280 g/mol. The first-order chi connectivity index (χ1) is 9.03. The Labute approximate surface area is 112 Å². The molecule has 0 radical (unpaired) electrons. The van der Waals surface area contributed by atoms with E-state index in [1.807, 2.05) is 30.3 Å². The first-order valence-electron chi connectivity index (χ1n) is 5.85. The molecule has 7 heteroatoms. The van der Waals surface area contributed by atoms with Crippen LogP contribution in [0.2, 0.25) is 0 Å². The van der Waals surface area contributed by atoms with E-state index >= 15 is 0 Å². The van der Waals surface area contributed by atoms with Gasteiger partial charge in [-0.2, -0.15) is 5.10 Å². The molecule has 3 N–H and O–H groups in total. The number of sulfonamides is 1. The molecule has 0 saturated heterocycles. The van der Waals surface area contributed by atoms with Crippen LogP contribution in [0.4, 0.5) is 0 Å². The highest BCUT2D eigenvalue weighted by molar-refractivity contribution is 7.89. The fourth-order valence-electron chi connectivity index (χ4n) is 1.55. The molecule has 2 rings (SSSR count). The highest BCUT2D eigenvalue weighted by Crippen LogP contribution is 2.12. The summed E-state index contributed by atoms with van der Waals surface area (Å²) in [5, 5.41) is 4.05. The van der Waals surface area contributed by atoms with E-state index in [1.165, 1.54) is 17.1 Å². The molecular formula is C12H16N4O2S. The maximum absolute atomic E-state index is 12.0. The molecule has 1 atom stereocenters. The number of nitrogens with one attached hydrogen (secondary N) is 1. The lowest BCUT2D eigenvalue weighted by Gasteiger charge is -2.10. The monoisotopic (exact) mass is 280 g/mol. The van der Waals surface area contributed by atoms with Gasteiger partial charge in [-0.3, -0.25) is 0 Å². The second-order valence-electron chi connectivity index (χ2n) is 4.21. The Kier molecular flexibility index (Phi) is 3.98. The number of nitrogens with zero attached hydrogens (tertiary/aromatic N) is 2. The molecular weight excluding hydrogens is 264 g/mol. The van der Waals surface area contributed by atoms with Gasteiger partial charge in [0, 0.05) is 12.6 Å². The van der Waals surface area contributed by atoms with Gasteiger partial charge in [0.25, 0.3) is 0 Å². The Morgan fingerprint density at radius 1 is 1.37 bits per heavy atom. The van der Waals surface area contributed by atoms with Gasteiger partial charge >= 0.3 is 0 Å². The third-order valence-corrected chi connectivity index (χ3v) is 4.14. The zero-order valence-corrected chi connectivity index (χ0v) is 11.3. The predicted molar refractivity (Wildman–Crippen MR) is 72.4 cm³/mol. The fraction of sp³-hybridized carbons (Fsp3) is 0.250. The van der Waals surface area contributed by atoms with Gasteiger partial charge in [0.05, 0.1) is 18.1 Å². The molecule has 1 aromatic carbocycles. The van der Waals surface area contributed by atoms with E-state index in [1.54, 1.807) is 6.92 Å². The van der Waals surface area contributed by atoms with E-state index < -0.39 is 10.0 Å². The quantitative estimate of drug-likeness (QED) is 0.834. The average Bonchev–Trinajstić information content (AvgIpc) is 2.89. The van der Waals surface area contributed by atoms with Crippen molar-refractivity contribution in [3.05, 3.63) is 42.7 Å². The fourth-order valence-corrected chi connectivity index (χ4v) is 2.73. The van der Waals surface area contributed by atoms with Crippen LogP contribution >= 0.6 is 0 Å². The molecule has 0 unspecified atom stereocenters. The summed E-state index contributed by atoms with van der Waals surface area (Å²) in [6.45, 7) is 1.95. The van der Waals surface area contributed by atoms with E-state index in [0.29, 0.717) is 0 Å². The third-order valence-electron chi connectivity index (χ3n) is 2.60. The molecule has 0 aliphatic rings. The van der Waals surface area contributed by atoms with Crippen molar-refractivity contribution in [2.75, 3.05) is 6.54 Å². The highest BCUT2D eigenvalue weighted by Gasteiger charge is 2.18. The van der Waals surface area contributed by atoms with Crippen LogP contribution < -0.4 is 10.5 Å². The summed E-state index contributed by atoms with van der Waals surface area (Å²) in [4.78, 5) is 0.122. The van der Waals surface area contributed by atoms with Gasteiger partial charge in [0.1, 0.15) is 4.90 Å². The van der Waals surface area contributed by atoms with Crippen LogP contribution in [0.3, 0.4) is 0 Å². The van der Waals surface area contributed by atoms with Crippen LogP contribution in [0.25, 0.3) is 5.69 Å². The molecule has 0 spiro atoms. The smallest absolute Gasteiger partial charge is 0.243 e. The molecule has 0 fully saturated rings. The molecule has 0 aliphatic heterocycles. The third kappa shape index (κ3) is 3.19. The zero-order chi connectivity index (χ0) is 13.9. The number of rotatable bonds is 5. The number of aromatic nitrogens is 2. The van der Waals surface area contributed by atoms with Crippen LogP contribution in [-0.4, -0.2) is 30.8 Å². The van der Waals surface area contributed by atoms with Crippen LogP contribution in [0.15, 0.2) is 47.6 Å². The van der Waals surface area contributed by atoms with Gasteiger partial charge in [-0.15, -0.1) is 0 Å². The summed E-state index contributed by atoms with van der Waals surface area (Å²) in [6.07, 6.45) is 2.79. The minimum Gasteiger partial charge on any atom is -0.329 e. The molecule has 0 aliphatic carbocycles. The van der Waals surface area contributed by atoms with E-state index in [-0.39, 0.29) is 17.5 Å². The summed E-state index contributed by atoms with van der Waals surface area (Å²) in [5.74, 6) is 0. The van der Waals surface area contributed by atoms with Crippen molar-refractivity contribution in [2.24, 2.45) is 5.73 Å². The lowest BCUT2D eigenvalue weighted by molar-refractivity contribution is 0.562. The number of hydrogen-bond donors (Lipinski definition) is 2. The molecule has 1 heterocycles. The molecule has 0 bridgehead atoms. The Morgan fingerprint density at radius 2 is 2.05 bits per heavy atom. The van der Waals surface area contributed by atoms with Gasteiger partial charge in [0.15, 0.2) is 0 Å². The minimum atomic E-state index is -3.57. The number of benzene rings is 1.